The zero-order chi connectivity index (χ0) is 17.8. The third-order valence-electron chi connectivity index (χ3n) is 4.01. The van der Waals surface area contributed by atoms with Crippen LogP contribution in [0.25, 0.3) is 0 Å². The molecule has 25 heavy (non-hydrogen) atoms. The van der Waals surface area contributed by atoms with Gasteiger partial charge in [-0.25, -0.2) is 0 Å². The number of carbonyl (C=O) groups is 2. The van der Waals surface area contributed by atoms with Crippen LogP contribution in [0.4, 0.5) is 5.82 Å². The Morgan fingerprint density at radius 3 is 2.88 bits per heavy atom. The van der Waals surface area contributed by atoms with Crippen LogP contribution < -0.4 is 5.32 Å². The molecule has 2 amide bonds. The number of hydrogen-bond donors (Lipinski definition) is 1. The number of likely N-dealkylation sites (N-methyl/N-ethyl adjacent to an activating group) is 1. The highest BCUT2D eigenvalue weighted by Crippen LogP contribution is 2.29. The van der Waals surface area contributed by atoms with E-state index in [9.17, 15) is 9.59 Å². The number of rotatable bonds is 4. The van der Waals surface area contributed by atoms with Gasteiger partial charge in [-0.1, -0.05) is 30.3 Å². The number of nitrogens with zero attached hydrogens (tertiary/aromatic N) is 4. The van der Waals surface area contributed by atoms with E-state index in [1.54, 1.807) is 19.3 Å². The molecule has 0 radical (unpaired) electrons. The van der Waals surface area contributed by atoms with Crippen molar-refractivity contribution < 1.29 is 14.3 Å². The Labute approximate surface area is 144 Å². The van der Waals surface area contributed by atoms with Crippen LogP contribution in [0.5, 0.6) is 0 Å². The minimum atomic E-state index is -0.855. The molecule has 8 heteroatoms. The van der Waals surface area contributed by atoms with Gasteiger partial charge in [-0.3, -0.25) is 14.3 Å². The van der Waals surface area contributed by atoms with Crippen molar-refractivity contribution >= 4 is 17.6 Å². The minimum absolute atomic E-state index is 0.0969. The Hall–Kier alpha value is -3.18. The number of carbonyl (C=O) groups excluding carboxylic acids is 2. The summed E-state index contributed by atoms with van der Waals surface area (Å²) in [7, 11) is 1.66. The molecule has 0 bridgehead atoms. The normalized spacial score (nSPS) is 20.2. The monoisotopic (exact) mass is 339 g/mol. The fourth-order valence-corrected chi connectivity index (χ4v) is 2.77. The summed E-state index contributed by atoms with van der Waals surface area (Å²) in [5.41, 5.74) is 0.813. The first-order valence-electron chi connectivity index (χ1n) is 7.73. The van der Waals surface area contributed by atoms with Gasteiger partial charge in [-0.2, -0.15) is 10.4 Å². The molecule has 2 atom stereocenters. The van der Waals surface area contributed by atoms with Gasteiger partial charge in [0, 0.05) is 19.3 Å². The zero-order valence-corrected chi connectivity index (χ0v) is 13.6. The number of hydrogen-bond acceptors (Lipinski definition) is 5. The van der Waals surface area contributed by atoms with E-state index in [0.29, 0.717) is 5.82 Å². The van der Waals surface area contributed by atoms with Gasteiger partial charge < -0.3 is 15.0 Å². The lowest BCUT2D eigenvalue weighted by atomic mass is 9.97. The first-order chi connectivity index (χ1) is 12.1. The molecular weight excluding hydrogens is 322 g/mol. The lowest BCUT2D eigenvalue weighted by Gasteiger charge is -2.38. The lowest BCUT2D eigenvalue weighted by Crippen LogP contribution is -2.51. The maximum Gasteiger partial charge on any atom is 0.257 e. The number of nitrogens with one attached hydrogen (secondary N) is 1. The van der Waals surface area contributed by atoms with E-state index < -0.39 is 18.1 Å². The Morgan fingerprint density at radius 2 is 2.16 bits per heavy atom. The summed E-state index contributed by atoms with van der Waals surface area (Å²) in [5.74, 6) is -0.248. The summed E-state index contributed by atoms with van der Waals surface area (Å²) >= 11 is 0. The van der Waals surface area contributed by atoms with Crippen LogP contribution in [0.1, 0.15) is 11.6 Å². The molecule has 1 fully saturated rings. The summed E-state index contributed by atoms with van der Waals surface area (Å²) in [6.07, 6.45) is 0.747. The first kappa shape index (κ1) is 16.7. The molecule has 1 aliphatic heterocycles. The molecule has 1 aliphatic rings. The first-order valence-corrected chi connectivity index (χ1v) is 7.73. The van der Waals surface area contributed by atoms with Crippen LogP contribution in [-0.2, 0) is 20.9 Å². The van der Waals surface area contributed by atoms with E-state index in [-0.39, 0.29) is 19.1 Å². The van der Waals surface area contributed by atoms with Crippen molar-refractivity contribution in [1.29, 1.82) is 5.26 Å². The highest BCUT2D eigenvalue weighted by molar-refractivity contribution is 5.95. The molecule has 2 aromatic rings. The van der Waals surface area contributed by atoms with Gasteiger partial charge in [0.05, 0.1) is 12.1 Å². The maximum absolute atomic E-state index is 12.7. The average molecular weight is 339 g/mol. The lowest BCUT2D eigenvalue weighted by molar-refractivity contribution is -0.160. The summed E-state index contributed by atoms with van der Waals surface area (Å²) in [6.45, 7) is -0.0551. The number of benzene rings is 1. The Kier molecular flexibility index (Phi) is 4.77. The minimum Gasteiger partial charge on any atom is -0.356 e. The fraction of sp³-hybridized carbons (Fsp3) is 0.294. The SMILES string of the molecule is CN1C(=O)COC(C(=O)Nc2ccn(CC#N)n2)C1c1ccccc1. The third-order valence-corrected chi connectivity index (χ3v) is 4.01. The summed E-state index contributed by atoms with van der Waals surface area (Å²) in [6, 6.07) is 12.3. The van der Waals surface area contributed by atoms with E-state index in [2.05, 4.69) is 10.4 Å². The predicted molar refractivity (Wildman–Crippen MR) is 88.2 cm³/mol. The molecule has 3 rings (SSSR count). The molecular formula is C17H17N5O3. The van der Waals surface area contributed by atoms with E-state index >= 15 is 0 Å². The smallest absolute Gasteiger partial charge is 0.257 e. The largest absolute Gasteiger partial charge is 0.356 e. The van der Waals surface area contributed by atoms with Crippen molar-refractivity contribution in [2.45, 2.75) is 18.7 Å². The Morgan fingerprint density at radius 1 is 1.40 bits per heavy atom. The van der Waals surface area contributed by atoms with Crippen molar-refractivity contribution in [2.75, 3.05) is 19.0 Å². The molecule has 2 heterocycles. The van der Waals surface area contributed by atoms with Gasteiger partial charge in [0.25, 0.3) is 5.91 Å². The number of anilines is 1. The second-order valence-corrected chi connectivity index (χ2v) is 5.64. The molecule has 0 aliphatic carbocycles. The van der Waals surface area contributed by atoms with Gasteiger partial charge in [-0.05, 0) is 5.56 Å². The van der Waals surface area contributed by atoms with E-state index in [1.807, 2.05) is 36.4 Å². The molecule has 2 unspecified atom stereocenters. The Balaban J connectivity index is 1.81. The molecule has 1 saturated heterocycles. The number of aromatic nitrogens is 2. The van der Waals surface area contributed by atoms with E-state index in [4.69, 9.17) is 10.00 Å². The van der Waals surface area contributed by atoms with Gasteiger partial charge in [0.1, 0.15) is 13.2 Å². The zero-order valence-electron chi connectivity index (χ0n) is 13.6. The van der Waals surface area contributed by atoms with Crippen LogP contribution >= 0.6 is 0 Å². The van der Waals surface area contributed by atoms with Crippen molar-refractivity contribution in [3.8, 4) is 6.07 Å². The number of amides is 2. The third kappa shape index (κ3) is 3.51. The molecule has 1 aromatic carbocycles. The molecule has 8 nitrogen and oxygen atoms in total. The summed E-state index contributed by atoms with van der Waals surface area (Å²) < 4.78 is 6.94. The molecule has 1 aromatic heterocycles. The van der Waals surface area contributed by atoms with Crippen molar-refractivity contribution in [2.24, 2.45) is 0 Å². The van der Waals surface area contributed by atoms with Crippen LogP contribution in [0.3, 0.4) is 0 Å². The molecule has 1 N–H and O–H groups in total. The maximum atomic E-state index is 12.7. The highest BCUT2D eigenvalue weighted by atomic mass is 16.5. The van der Waals surface area contributed by atoms with Crippen molar-refractivity contribution in [1.82, 2.24) is 14.7 Å². The van der Waals surface area contributed by atoms with Crippen LogP contribution in [0, 0.1) is 11.3 Å². The molecule has 0 spiro atoms. The van der Waals surface area contributed by atoms with Crippen LogP contribution in [0.2, 0.25) is 0 Å². The number of nitriles is 1. The number of ether oxygens (including phenoxy) is 1. The fourth-order valence-electron chi connectivity index (χ4n) is 2.77. The topological polar surface area (TPSA) is 100 Å². The highest BCUT2D eigenvalue weighted by Gasteiger charge is 2.40. The second kappa shape index (κ2) is 7.15. The second-order valence-electron chi connectivity index (χ2n) is 5.64. The van der Waals surface area contributed by atoms with Gasteiger partial charge >= 0.3 is 0 Å². The van der Waals surface area contributed by atoms with E-state index in [0.717, 1.165) is 5.56 Å². The average Bonchev–Trinajstić information content (AvgIpc) is 3.05. The van der Waals surface area contributed by atoms with Crippen LogP contribution in [-0.4, -0.2) is 46.3 Å². The standard InChI is InChI=1S/C17H17N5O3/c1-21-14(23)11-25-16(15(21)12-5-3-2-4-6-12)17(24)19-13-7-9-22(20-13)10-8-18/h2-7,9,15-16H,10-11H2,1H3,(H,19,20,24). The van der Waals surface area contributed by atoms with Crippen molar-refractivity contribution in [3.05, 3.63) is 48.2 Å². The van der Waals surface area contributed by atoms with Gasteiger partial charge in [0.2, 0.25) is 5.91 Å². The van der Waals surface area contributed by atoms with Gasteiger partial charge in [0.15, 0.2) is 11.9 Å². The number of morpholine rings is 1. The Bertz CT molecular complexity index is 811. The van der Waals surface area contributed by atoms with Crippen LogP contribution in [0.15, 0.2) is 42.6 Å². The molecule has 0 saturated carbocycles. The predicted octanol–water partition coefficient (Wildman–Crippen LogP) is 0.944. The molecule has 128 valence electrons. The quantitative estimate of drug-likeness (QED) is 0.893. The summed E-state index contributed by atoms with van der Waals surface area (Å²) in [4.78, 5) is 26.2. The van der Waals surface area contributed by atoms with E-state index in [1.165, 1.54) is 9.58 Å². The van der Waals surface area contributed by atoms with Gasteiger partial charge in [-0.15, -0.1) is 0 Å². The summed E-state index contributed by atoms with van der Waals surface area (Å²) in [5, 5.41) is 15.4. The van der Waals surface area contributed by atoms with Crippen molar-refractivity contribution in [3.63, 3.8) is 0 Å².